The van der Waals surface area contributed by atoms with Gasteiger partial charge in [-0.2, -0.15) is 0 Å². The molecule has 1 N–H and O–H groups in total. The van der Waals surface area contributed by atoms with Crippen LogP contribution < -0.4 is 5.32 Å². The van der Waals surface area contributed by atoms with Gasteiger partial charge in [0.15, 0.2) is 0 Å². The summed E-state index contributed by atoms with van der Waals surface area (Å²) in [5.41, 5.74) is 0.493. The minimum absolute atomic E-state index is 0.138. The van der Waals surface area contributed by atoms with E-state index in [1.54, 1.807) is 18.2 Å². The van der Waals surface area contributed by atoms with Crippen molar-refractivity contribution in [3.05, 3.63) is 35.6 Å². The summed E-state index contributed by atoms with van der Waals surface area (Å²) in [6.07, 6.45) is 5.48. The molecule has 6 heteroatoms. The molecule has 136 valence electrons. The first kappa shape index (κ1) is 17.7. The highest BCUT2D eigenvalue weighted by Gasteiger charge is 2.28. The third-order valence-corrected chi connectivity index (χ3v) is 5.18. The fourth-order valence-corrected chi connectivity index (χ4v) is 3.73. The van der Waals surface area contributed by atoms with E-state index < -0.39 is 0 Å². The van der Waals surface area contributed by atoms with Crippen LogP contribution in [0.4, 0.5) is 9.18 Å². The average molecular weight is 347 g/mol. The molecule has 0 saturated carbocycles. The first-order valence-electron chi connectivity index (χ1n) is 9.21. The number of nitrogens with zero attached hydrogens (tertiary/aromatic N) is 2. The van der Waals surface area contributed by atoms with Crippen molar-refractivity contribution in [3.8, 4) is 0 Å². The minimum atomic E-state index is -0.300. The number of likely N-dealkylation sites (tertiary alicyclic amines) is 2. The van der Waals surface area contributed by atoms with E-state index in [-0.39, 0.29) is 30.3 Å². The van der Waals surface area contributed by atoms with Crippen LogP contribution in [0.1, 0.15) is 44.1 Å². The van der Waals surface area contributed by atoms with Crippen LogP contribution in [-0.4, -0.2) is 47.4 Å². The third kappa shape index (κ3) is 4.50. The van der Waals surface area contributed by atoms with Gasteiger partial charge in [0.2, 0.25) is 5.91 Å². The Bertz CT molecular complexity index is 622. The SMILES string of the molecule is O=C1CCCN1CC[C@H]1CCCCN1C(=O)NCc1ccccc1F. The van der Waals surface area contributed by atoms with Crippen LogP contribution >= 0.6 is 0 Å². The summed E-state index contributed by atoms with van der Waals surface area (Å²) in [5.74, 6) is -0.0723. The maximum atomic E-state index is 13.7. The van der Waals surface area contributed by atoms with Crippen molar-refractivity contribution in [2.75, 3.05) is 19.6 Å². The van der Waals surface area contributed by atoms with Gasteiger partial charge in [0.25, 0.3) is 0 Å². The molecule has 0 bridgehead atoms. The predicted molar refractivity (Wildman–Crippen MR) is 93.4 cm³/mol. The lowest BCUT2D eigenvalue weighted by molar-refractivity contribution is -0.127. The molecule has 2 heterocycles. The van der Waals surface area contributed by atoms with Crippen molar-refractivity contribution in [3.63, 3.8) is 0 Å². The molecule has 5 nitrogen and oxygen atoms in total. The molecule has 2 saturated heterocycles. The van der Waals surface area contributed by atoms with Crippen LogP contribution in [0, 0.1) is 5.82 Å². The molecule has 1 atom stereocenters. The zero-order chi connectivity index (χ0) is 17.6. The van der Waals surface area contributed by atoms with Gasteiger partial charge in [-0.3, -0.25) is 4.79 Å². The summed E-state index contributed by atoms with van der Waals surface area (Å²) in [5, 5.41) is 2.84. The van der Waals surface area contributed by atoms with Crippen molar-refractivity contribution in [2.45, 2.75) is 51.1 Å². The van der Waals surface area contributed by atoms with E-state index in [0.29, 0.717) is 12.0 Å². The van der Waals surface area contributed by atoms with Crippen LogP contribution in [0.3, 0.4) is 0 Å². The Kier molecular flexibility index (Phi) is 5.89. The van der Waals surface area contributed by atoms with E-state index in [1.165, 1.54) is 6.07 Å². The van der Waals surface area contributed by atoms with Gasteiger partial charge in [0, 0.05) is 44.2 Å². The van der Waals surface area contributed by atoms with Gasteiger partial charge in [0.1, 0.15) is 5.82 Å². The van der Waals surface area contributed by atoms with Crippen molar-refractivity contribution >= 4 is 11.9 Å². The molecule has 25 heavy (non-hydrogen) atoms. The van der Waals surface area contributed by atoms with Crippen molar-refractivity contribution in [2.24, 2.45) is 0 Å². The second-order valence-electron chi connectivity index (χ2n) is 6.87. The maximum absolute atomic E-state index is 13.7. The molecule has 1 aromatic carbocycles. The fraction of sp³-hybridized carbons (Fsp3) is 0.579. The monoisotopic (exact) mass is 347 g/mol. The van der Waals surface area contributed by atoms with E-state index in [1.807, 2.05) is 9.80 Å². The highest BCUT2D eigenvalue weighted by Crippen LogP contribution is 2.21. The summed E-state index contributed by atoms with van der Waals surface area (Å²) in [4.78, 5) is 28.1. The lowest BCUT2D eigenvalue weighted by Gasteiger charge is -2.36. The zero-order valence-corrected chi connectivity index (χ0v) is 14.5. The molecule has 3 amide bonds. The quantitative estimate of drug-likeness (QED) is 0.890. The Morgan fingerprint density at radius 1 is 1.20 bits per heavy atom. The van der Waals surface area contributed by atoms with E-state index in [0.717, 1.165) is 51.7 Å². The second-order valence-corrected chi connectivity index (χ2v) is 6.87. The normalized spacial score (nSPS) is 20.8. The molecule has 0 radical (unpaired) electrons. The molecule has 0 spiro atoms. The van der Waals surface area contributed by atoms with Crippen molar-refractivity contribution in [1.82, 2.24) is 15.1 Å². The Morgan fingerprint density at radius 2 is 2.04 bits per heavy atom. The number of halogens is 1. The van der Waals surface area contributed by atoms with Gasteiger partial charge in [-0.25, -0.2) is 9.18 Å². The minimum Gasteiger partial charge on any atom is -0.343 e. The maximum Gasteiger partial charge on any atom is 0.317 e. The van der Waals surface area contributed by atoms with Gasteiger partial charge >= 0.3 is 6.03 Å². The van der Waals surface area contributed by atoms with E-state index in [2.05, 4.69) is 5.32 Å². The second kappa shape index (κ2) is 8.32. The number of rotatable bonds is 5. The van der Waals surface area contributed by atoms with Gasteiger partial charge in [0.05, 0.1) is 0 Å². The summed E-state index contributed by atoms with van der Waals surface area (Å²) in [6.45, 7) is 2.48. The molecule has 1 aromatic rings. The molecule has 2 aliphatic rings. The molecule has 2 fully saturated rings. The molecule has 0 unspecified atom stereocenters. The zero-order valence-electron chi connectivity index (χ0n) is 14.5. The topological polar surface area (TPSA) is 52.7 Å². The lowest BCUT2D eigenvalue weighted by Crippen LogP contribution is -2.49. The molecule has 0 aromatic heterocycles. The van der Waals surface area contributed by atoms with Crippen LogP contribution in [0.15, 0.2) is 24.3 Å². The van der Waals surface area contributed by atoms with Crippen LogP contribution in [0.2, 0.25) is 0 Å². The Labute approximate surface area is 148 Å². The lowest BCUT2D eigenvalue weighted by atomic mass is 9.99. The van der Waals surface area contributed by atoms with Crippen LogP contribution in [-0.2, 0) is 11.3 Å². The number of piperidine rings is 1. The first-order chi connectivity index (χ1) is 12.1. The van der Waals surface area contributed by atoms with Gasteiger partial charge < -0.3 is 15.1 Å². The Hall–Kier alpha value is -2.11. The van der Waals surface area contributed by atoms with Crippen LogP contribution in [0.25, 0.3) is 0 Å². The Balaban J connectivity index is 1.53. The number of amides is 3. The summed E-state index contributed by atoms with van der Waals surface area (Å²) >= 11 is 0. The average Bonchev–Trinajstić information content (AvgIpc) is 3.04. The standard InChI is InChI=1S/C19H26FN3O2/c20-17-8-2-1-6-15(17)14-21-19(25)23-12-4-3-7-16(23)10-13-22-11-5-9-18(22)24/h1-2,6,8,16H,3-5,7,9-14H2,(H,21,25)/t16-/m1/s1. The molecular weight excluding hydrogens is 321 g/mol. The van der Waals surface area contributed by atoms with E-state index in [4.69, 9.17) is 0 Å². The molecule has 0 aliphatic carbocycles. The first-order valence-corrected chi connectivity index (χ1v) is 9.21. The highest BCUT2D eigenvalue weighted by molar-refractivity contribution is 5.78. The van der Waals surface area contributed by atoms with Gasteiger partial charge in [-0.1, -0.05) is 18.2 Å². The number of carbonyl (C=O) groups excluding carboxylic acids is 2. The summed E-state index contributed by atoms with van der Waals surface area (Å²) in [6, 6.07) is 6.51. The fourth-order valence-electron chi connectivity index (χ4n) is 3.73. The van der Waals surface area contributed by atoms with Crippen molar-refractivity contribution < 1.29 is 14.0 Å². The largest absolute Gasteiger partial charge is 0.343 e. The number of urea groups is 1. The van der Waals surface area contributed by atoms with Crippen LogP contribution in [0.5, 0.6) is 0 Å². The van der Waals surface area contributed by atoms with E-state index >= 15 is 0 Å². The van der Waals surface area contributed by atoms with Gasteiger partial charge in [-0.15, -0.1) is 0 Å². The number of benzene rings is 1. The third-order valence-electron chi connectivity index (χ3n) is 5.18. The number of hydrogen-bond donors (Lipinski definition) is 1. The summed E-state index contributed by atoms with van der Waals surface area (Å²) < 4.78 is 13.7. The van der Waals surface area contributed by atoms with E-state index in [9.17, 15) is 14.0 Å². The number of nitrogens with one attached hydrogen (secondary N) is 1. The highest BCUT2D eigenvalue weighted by atomic mass is 19.1. The predicted octanol–water partition coefficient (Wildman–Crippen LogP) is 2.90. The molecule has 2 aliphatic heterocycles. The Morgan fingerprint density at radius 3 is 2.80 bits per heavy atom. The van der Waals surface area contributed by atoms with Crippen molar-refractivity contribution in [1.29, 1.82) is 0 Å². The number of carbonyl (C=O) groups is 2. The summed E-state index contributed by atoms with van der Waals surface area (Å²) in [7, 11) is 0. The van der Waals surface area contributed by atoms with Gasteiger partial charge in [-0.05, 0) is 38.2 Å². The number of hydrogen-bond acceptors (Lipinski definition) is 2. The molecular formula is C19H26FN3O2. The molecule has 3 rings (SSSR count). The smallest absolute Gasteiger partial charge is 0.317 e.